The lowest BCUT2D eigenvalue weighted by molar-refractivity contribution is -0.383. The van der Waals surface area contributed by atoms with E-state index in [1.54, 1.807) is 17.0 Å². The Morgan fingerprint density at radius 1 is 1.50 bits per heavy atom. The molecule has 0 unspecified atom stereocenters. The lowest BCUT2D eigenvalue weighted by atomic mass is 10.2. The van der Waals surface area contributed by atoms with Gasteiger partial charge in [-0.3, -0.25) is 19.8 Å². The van der Waals surface area contributed by atoms with Crippen LogP contribution in [0.25, 0.3) is 0 Å². The van der Waals surface area contributed by atoms with Crippen LogP contribution < -0.4 is 5.32 Å². The number of anilines is 1. The summed E-state index contributed by atoms with van der Waals surface area (Å²) >= 11 is 0. The van der Waals surface area contributed by atoms with E-state index in [9.17, 15) is 14.9 Å². The van der Waals surface area contributed by atoms with E-state index in [0.717, 1.165) is 0 Å². The predicted molar refractivity (Wildman–Crippen MR) is 64.2 cm³/mol. The lowest BCUT2D eigenvalue weighted by Crippen LogP contribution is -2.53. The van der Waals surface area contributed by atoms with Crippen LogP contribution in [0.3, 0.4) is 0 Å². The van der Waals surface area contributed by atoms with Gasteiger partial charge < -0.3 is 10.4 Å². The maximum absolute atomic E-state index is 11.6. The third-order valence-electron chi connectivity index (χ3n) is 2.68. The fourth-order valence-corrected chi connectivity index (χ4v) is 1.80. The molecule has 1 saturated heterocycles. The van der Waals surface area contributed by atoms with Gasteiger partial charge in [0, 0.05) is 19.2 Å². The van der Waals surface area contributed by atoms with E-state index < -0.39 is 4.92 Å². The summed E-state index contributed by atoms with van der Waals surface area (Å²) in [4.78, 5) is 23.6. The third kappa shape index (κ3) is 2.82. The Balaban J connectivity index is 1.96. The molecule has 1 heterocycles. The zero-order valence-electron chi connectivity index (χ0n) is 9.57. The first-order valence-electron chi connectivity index (χ1n) is 5.50. The summed E-state index contributed by atoms with van der Waals surface area (Å²) in [7, 11) is 0. The first-order chi connectivity index (χ1) is 8.56. The monoisotopic (exact) mass is 251 g/mol. The maximum Gasteiger partial charge on any atom is 0.292 e. The summed E-state index contributed by atoms with van der Waals surface area (Å²) in [6.07, 6.45) is -0.371. The predicted octanol–water partition coefficient (Wildman–Crippen LogP) is 0.210. The number of nitrogens with one attached hydrogen (secondary N) is 1. The Hall–Kier alpha value is -1.99. The van der Waals surface area contributed by atoms with Crippen molar-refractivity contribution in [3.8, 4) is 0 Å². The van der Waals surface area contributed by atoms with Crippen LogP contribution in [-0.4, -0.2) is 46.6 Å². The number of aliphatic hydroxyl groups excluding tert-OH is 1. The molecule has 1 aromatic rings. The SMILES string of the molecule is O=C(CN1CC(O)C1)Nc1ccccc1[N+](=O)[O-]. The van der Waals surface area contributed by atoms with Crippen molar-refractivity contribution in [3.05, 3.63) is 34.4 Å². The molecule has 96 valence electrons. The van der Waals surface area contributed by atoms with E-state index in [1.807, 2.05) is 0 Å². The van der Waals surface area contributed by atoms with Crippen molar-refractivity contribution in [2.75, 3.05) is 25.0 Å². The van der Waals surface area contributed by atoms with Crippen LogP contribution >= 0.6 is 0 Å². The molecule has 7 heteroatoms. The van der Waals surface area contributed by atoms with Crippen molar-refractivity contribution in [3.63, 3.8) is 0 Å². The van der Waals surface area contributed by atoms with Gasteiger partial charge >= 0.3 is 0 Å². The van der Waals surface area contributed by atoms with Crippen LogP contribution in [0.2, 0.25) is 0 Å². The molecule has 0 aromatic heterocycles. The van der Waals surface area contributed by atoms with Gasteiger partial charge in [0.1, 0.15) is 5.69 Å². The van der Waals surface area contributed by atoms with E-state index in [-0.39, 0.29) is 29.9 Å². The normalized spacial score (nSPS) is 16.1. The van der Waals surface area contributed by atoms with Crippen LogP contribution in [-0.2, 0) is 4.79 Å². The van der Waals surface area contributed by atoms with Gasteiger partial charge in [0.05, 0.1) is 17.6 Å². The number of carbonyl (C=O) groups is 1. The molecule has 1 fully saturated rings. The Labute approximate surface area is 103 Å². The maximum atomic E-state index is 11.6. The van der Waals surface area contributed by atoms with Gasteiger partial charge in [-0.15, -0.1) is 0 Å². The number of carbonyl (C=O) groups excluding carboxylic acids is 1. The average Bonchev–Trinajstić information content (AvgIpc) is 2.27. The first-order valence-corrected chi connectivity index (χ1v) is 5.50. The Morgan fingerprint density at radius 3 is 2.78 bits per heavy atom. The summed E-state index contributed by atoms with van der Waals surface area (Å²) in [6, 6.07) is 5.99. The molecule has 1 aliphatic rings. The number of β-amino-alcohol motifs (C(OH)–C–C–N with tert-alkyl or cyclic N) is 1. The van der Waals surface area contributed by atoms with Crippen LogP contribution in [0, 0.1) is 10.1 Å². The highest BCUT2D eigenvalue weighted by Crippen LogP contribution is 2.23. The second kappa shape index (κ2) is 5.11. The molecule has 18 heavy (non-hydrogen) atoms. The van der Waals surface area contributed by atoms with Gasteiger partial charge in [-0.1, -0.05) is 12.1 Å². The van der Waals surface area contributed by atoms with E-state index >= 15 is 0 Å². The number of nitrogens with zero attached hydrogens (tertiary/aromatic N) is 2. The minimum atomic E-state index is -0.539. The van der Waals surface area contributed by atoms with Crippen molar-refractivity contribution < 1.29 is 14.8 Å². The molecule has 0 atom stereocenters. The number of amides is 1. The van der Waals surface area contributed by atoms with E-state index in [2.05, 4.69) is 5.32 Å². The average molecular weight is 251 g/mol. The van der Waals surface area contributed by atoms with Gasteiger partial charge in [-0.25, -0.2) is 0 Å². The lowest BCUT2D eigenvalue weighted by Gasteiger charge is -2.34. The van der Waals surface area contributed by atoms with Crippen molar-refractivity contribution in [2.45, 2.75) is 6.10 Å². The molecular formula is C11H13N3O4. The molecule has 0 saturated carbocycles. The zero-order valence-corrected chi connectivity index (χ0v) is 9.57. The second-order valence-electron chi connectivity index (χ2n) is 4.17. The fraction of sp³-hybridized carbons (Fsp3) is 0.364. The van der Waals surface area contributed by atoms with Crippen LogP contribution in [0.1, 0.15) is 0 Å². The van der Waals surface area contributed by atoms with Gasteiger partial charge in [0.2, 0.25) is 5.91 Å². The summed E-state index contributed by atoms with van der Waals surface area (Å²) in [5, 5.41) is 22.3. The number of para-hydroxylation sites is 2. The van der Waals surface area contributed by atoms with E-state index in [0.29, 0.717) is 13.1 Å². The Bertz CT molecular complexity index is 471. The summed E-state index contributed by atoms with van der Waals surface area (Å²) in [6.45, 7) is 1.05. The summed E-state index contributed by atoms with van der Waals surface area (Å²) in [5.74, 6) is -0.323. The number of aliphatic hydroxyl groups is 1. The number of nitro benzene ring substituents is 1. The van der Waals surface area contributed by atoms with E-state index in [1.165, 1.54) is 12.1 Å². The molecule has 0 spiro atoms. The molecule has 1 aliphatic heterocycles. The molecule has 0 bridgehead atoms. The van der Waals surface area contributed by atoms with Gasteiger partial charge in [-0.2, -0.15) is 0 Å². The topological polar surface area (TPSA) is 95.7 Å². The van der Waals surface area contributed by atoms with Gasteiger partial charge in [0.15, 0.2) is 0 Å². The first kappa shape index (κ1) is 12.5. The molecule has 2 rings (SSSR count). The quantitative estimate of drug-likeness (QED) is 0.589. The van der Waals surface area contributed by atoms with Gasteiger partial charge in [-0.05, 0) is 6.07 Å². The Morgan fingerprint density at radius 2 is 2.17 bits per heavy atom. The summed E-state index contributed by atoms with van der Waals surface area (Å²) in [5.41, 5.74) is 0.0584. The van der Waals surface area contributed by atoms with Crippen molar-refractivity contribution in [1.82, 2.24) is 4.90 Å². The van der Waals surface area contributed by atoms with Crippen LogP contribution in [0.5, 0.6) is 0 Å². The molecule has 2 N–H and O–H groups in total. The standard InChI is InChI=1S/C11H13N3O4/c15-8-5-13(6-8)7-11(16)12-9-3-1-2-4-10(9)14(17)18/h1-4,8,15H,5-7H2,(H,12,16). The molecule has 0 aliphatic carbocycles. The number of benzene rings is 1. The smallest absolute Gasteiger partial charge is 0.292 e. The van der Waals surface area contributed by atoms with E-state index in [4.69, 9.17) is 5.11 Å². The number of nitro groups is 1. The zero-order chi connectivity index (χ0) is 13.1. The minimum absolute atomic E-state index is 0.128. The van der Waals surface area contributed by atoms with Crippen LogP contribution in [0.15, 0.2) is 24.3 Å². The summed E-state index contributed by atoms with van der Waals surface area (Å²) < 4.78 is 0. The number of likely N-dealkylation sites (tertiary alicyclic amines) is 1. The fourth-order valence-electron chi connectivity index (χ4n) is 1.80. The largest absolute Gasteiger partial charge is 0.390 e. The van der Waals surface area contributed by atoms with Crippen molar-refractivity contribution in [2.24, 2.45) is 0 Å². The molecule has 1 amide bonds. The highest BCUT2D eigenvalue weighted by Gasteiger charge is 2.26. The highest BCUT2D eigenvalue weighted by molar-refractivity contribution is 5.94. The molecule has 0 radical (unpaired) electrons. The van der Waals surface area contributed by atoms with Crippen LogP contribution in [0.4, 0.5) is 11.4 Å². The number of hydrogen-bond donors (Lipinski definition) is 2. The molecule has 1 aromatic carbocycles. The van der Waals surface area contributed by atoms with Crippen molar-refractivity contribution >= 4 is 17.3 Å². The van der Waals surface area contributed by atoms with Gasteiger partial charge in [0.25, 0.3) is 5.69 Å². The molecule has 7 nitrogen and oxygen atoms in total. The number of rotatable bonds is 4. The van der Waals surface area contributed by atoms with Crippen molar-refractivity contribution in [1.29, 1.82) is 0 Å². The Kier molecular flexibility index (Phi) is 3.54. The third-order valence-corrected chi connectivity index (χ3v) is 2.68. The minimum Gasteiger partial charge on any atom is -0.390 e. The number of hydrogen-bond acceptors (Lipinski definition) is 5. The molecular weight excluding hydrogens is 238 g/mol. The second-order valence-corrected chi connectivity index (χ2v) is 4.17. The highest BCUT2D eigenvalue weighted by atomic mass is 16.6.